The number of nitro benzene ring substituents is 1. The smallest absolute Gasteiger partial charge is 0.303 e. The third-order valence-corrected chi connectivity index (χ3v) is 5.00. The van der Waals surface area contributed by atoms with Crippen LogP contribution in [0.4, 0.5) is 10.1 Å². The summed E-state index contributed by atoms with van der Waals surface area (Å²) in [5.74, 6) is -2.27. The number of benzene rings is 1. The first-order valence-corrected chi connectivity index (χ1v) is 7.31. The maximum atomic E-state index is 13.0. The molecule has 0 bridgehead atoms. The average Bonchev–Trinajstić information content (AvgIpc) is 2.32. The molecule has 0 saturated carbocycles. The summed E-state index contributed by atoms with van der Waals surface area (Å²) in [5, 5.41) is 19.4. The van der Waals surface area contributed by atoms with E-state index in [-0.39, 0.29) is 25.4 Å². The third kappa shape index (κ3) is 3.00. The highest BCUT2D eigenvalue weighted by molar-refractivity contribution is 7.89. The zero-order chi connectivity index (χ0) is 15.8. The molecule has 8 nitrogen and oxygen atoms in total. The minimum absolute atomic E-state index is 0.0246. The number of nitro groups is 1. The molecule has 0 radical (unpaired) electrons. The Hall–Kier alpha value is -2.07. The van der Waals surface area contributed by atoms with Crippen molar-refractivity contribution in [3.05, 3.63) is 34.1 Å². The van der Waals surface area contributed by atoms with Gasteiger partial charge in [0.1, 0.15) is 5.82 Å². The molecule has 10 heteroatoms. The van der Waals surface area contributed by atoms with Crippen LogP contribution in [0.1, 0.15) is 6.42 Å². The summed E-state index contributed by atoms with van der Waals surface area (Å²) in [6.45, 7) is -0.0493. The number of carbonyl (C=O) groups is 1. The van der Waals surface area contributed by atoms with Gasteiger partial charge in [0.05, 0.1) is 17.4 Å². The number of hydrogen-bond acceptors (Lipinski definition) is 5. The van der Waals surface area contributed by atoms with Gasteiger partial charge in [0, 0.05) is 13.1 Å². The summed E-state index contributed by atoms with van der Waals surface area (Å²) in [6.07, 6.45) is -0.169. The highest BCUT2D eigenvalue weighted by atomic mass is 32.2. The second-order valence-corrected chi connectivity index (χ2v) is 6.56. The summed E-state index contributed by atoms with van der Waals surface area (Å²) in [5.41, 5.74) is -0.836. The fourth-order valence-corrected chi connectivity index (χ4v) is 3.82. The number of sulfonamides is 1. The van der Waals surface area contributed by atoms with Gasteiger partial charge in [0.25, 0.3) is 5.69 Å². The summed E-state index contributed by atoms with van der Waals surface area (Å²) in [6, 6.07) is 2.21. The van der Waals surface area contributed by atoms with Gasteiger partial charge < -0.3 is 5.11 Å². The number of halogens is 1. The van der Waals surface area contributed by atoms with Gasteiger partial charge >= 0.3 is 5.97 Å². The summed E-state index contributed by atoms with van der Waals surface area (Å²) in [7, 11) is -4.13. The van der Waals surface area contributed by atoms with E-state index in [1.807, 2.05) is 0 Å². The number of aliphatic carboxylic acids is 1. The Labute approximate surface area is 119 Å². The molecule has 0 aromatic heterocycles. The summed E-state index contributed by atoms with van der Waals surface area (Å²) in [4.78, 5) is 19.8. The molecule has 0 unspecified atom stereocenters. The molecule has 21 heavy (non-hydrogen) atoms. The quantitative estimate of drug-likeness (QED) is 0.634. The van der Waals surface area contributed by atoms with E-state index in [2.05, 4.69) is 0 Å². The number of hydrogen-bond donors (Lipinski definition) is 1. The largest absolute Gasteiger partial charge is 0.481 e. The van der Waals surface area contributed by atoms with Crippen molar-refractivity contribution in [3.8, 4) is 0 Å². The Kier molecular flexibility index (Phi) is 3.92. The van der Waals surface area contributed by atoms with Gasteiger partial charge in [-0.05, 0) is 18.1 Å². The molecule has 1 aliphatic rings. The number of nitrogens with zero attached hydrogens (tertiary/aromatic N) is 2. The maximum Gasteiger partial charge on any atom is 0.303 e. The fraction of sp³-hybridized carbons (Fsp3) is 0.364. The molecule has 1 saturated heterocycles. The fourth-order valence-electron chi connectivity index (χ4n) is 2.09. The number of rotatable bonds is 5. The standard InChI is InChI=1S/C11H11FN2O6S/c12-8-1-2-10(9(4-8)14(17)18)21(19,20)13-5-7(6-13)3-11(15)16/h1-2,4,7H,3,5-6H2,(H,15,16). The third-order valence-electron chi connectivity index (χ3n) is 3.12. The van der Waals surface area contributed by atoms with Crippen LogP contribution in [0, 0.1) is 21.8 Å². The van der Waals surface area contributed by atoms with Gasteiger partial charge in [-0.3, -0.25) is 14.9 Å². The molecule has 0 aliphatic carbocycles. The van der Waals surface area contributed by atoms with Crippen molar-refractivity contribution in [1.82, 2.24) is 4.31 Å². The minimum atomic E-state index is -4.13. The second-order valence-electron chi connectivity index (χ2n) is 4.66. The SMILES string of the molecule is O=C(O)CC1CN(S(=O)(=O)c2ccc(F)cc2[N+](=O)[O-])C1. The first kappa shape index (κ1) is 15.3. The van der Waals surface area contributed by atoms with Gasteiger partial charge in [-0.15, -0.1) is 0 Å². The van der Waals surface area contributed by atoms with Crippen LogP contribution in [0.2, 0.25) is 0 Å². The Bertz CT molecular complexity index is 699. The normalized spacial score (nSPS) is 16.4. The van der Waals surface area contributed by atoms with E-state index in [0.29, 0.717) is 6.07 Å². The van der Waals surface area contributed by atoms with Gasteiger partial charge in [0.15, 0.2) is 4.90 Å². The van der Waals surface area contributed by atoms with Crippen LogP contribution in [0.3, 0.4) is 0 Å². The molecule has 1 aromatic rings. The summed E-state index contributed by atoms with van der Waals surface area (Å²) >= 11 is 0. The van der Waals surface area contributed by atoms with Crippen LogP contribution < -0.4 is 0 Å². The van der Waals surface area contributed by atoms with Crippen LogP contribution >= 0.6 is 0 Å². The lowest BCUT2D eigenvalue weighted by Crippen LogP contribution is -2.50. The van der Waals surface area contributed by atoms with Crippen LogP contribution in [-0.2, 0) is 14.8 Å². The highest BCUT2D eigenvalue weighted by Gasteiger charge is 2.40. The molecule has 0 atom stereocenters. The van der Waals surface area contributed by atoms with Crippen LogP contribution in [0.25, 0.3) is 0 Å². The number of carboxylic acid groups (broad SMARTS) is 1. The molecule has 1 fully saturated rings. The molecule has 1 aliphatic heterocycles. The van der Waals surface area contributed by atoms with Crippen LogP contribution in [0.15, 0.2) is 23.1 Å². The first-order valence-electron chi connectivity index (χ1n) is 5.87. The van der Waals surface area contributed by atoms with Gasteiger partial charge in [-0.25, -0.2) is 12.8 Å². The molecule has 1 heterocycles. The average molecular weight is 318 g/mol. The van der Waals surface area contributed by atoms with Gasteiger partial charge in [-0.1, -0.05) is 0 Å². The predicted molar refractivity (Wildman–Crippen MR) is 67.6 cm³/mol. The van der Waals surface area contributed by atoms with Crippen LogP contribution in [-0.4, -0.2) is 41.8 Å². The van der Waals surface area contributed by atoms with E-state index in [9.17, 15) is 27.7 Å². The molecular weight excluding hydrogens is 307 g/mol. The molecule has 1 N–H and O–H groups in total. The summed E-state index contributed by atoms with van der Waals surface area (Å²) < 4.78 is 38.4. The monoisotopic (exact) mass is 318 g/mol. The Balaban J connectivity index is 2.26. The topological polar surface area (TPSA) is 118 Å². The van der Waals surface area contributed by atoms with Crippen molar-refractivity contribution in [3.63, 3.8) is 0 Å². The predicted octanol–water partition coefficient (Wildman–Crippen LogP) is 0.829. The highest BCUT2D eigenvalue weighted by Crippen LogP contribution is 2.32. The second kappa shape index (κ2) is 5.37. The molecule has 114 valence electrons. The molecule has 0 amide bonds. The molecule has 2 rings (SSSR count). The lowest BCUT2D eigenvalue weighted by atomic mass is 10.00. The van der Waals surface area contributed by atoms with E-state index < -0.39 is 37.3 Å². The molecule has 1 aromatic carbocycles. The van der Waals surface area contributed by atoms with Crippen molar-refractivity contribution in [1.29, 1.82) is 0 Å². The van der Waals surface area contributed by atoms with E-state index >= 15 is 0 Å². The van der Waals surface area contributed by atoms with E-state index in [4.69, 9.17) is 5.11 Å². The number of carboxylic acids is 1. The lowest BCUT2D eigenvalue weighted by molar-refractivity contribution is -0.388. The van der Waals surface area contributed by atoms with Crippen molar-refractivity contribution in [2.24, 2.45) is 5.92 Å². The van der Waals surface area contributed by atoms with E-state index in [0.717, 1.165) is 16.4 Å². The Morgan fingerprint density at radius 3 is 2.62 bits per heavy atom. The maximum absolute atomic E-state index is 13.0. The lowest BCUT2D eigenvalue weighted by Gasteiger charge is -2.37. The Morgan fingerprint density at radius 1 is 1.48 bits per heavy atom. The van der Waals surface area contributed by atoms with E-state index in [1.54, 1.807) is 0 Å². The van der Waals surface area contributed by atoms with Crippen molar-refractivity contribution in [2.75, 3.05) is 13.1 Å². The van der Waals surface area contributed by atoms with Crippen molar-refractivity contribution in [2.45, 2.75) is 11.3 Å². The Morgan fingerprint density at radius 2 is 2.10 bits per heavy atom. The van der Waals surface area contributed by atoms with E-state index in [1.165, 1.54) is 0 Å². The van der Waals surface area contributed by atoms with Gasteiger partial charge in [-0.2, -0.15) is 4.31 Å². The minimum Gasteiger partial charge on any atom is -0.481 e. The van der Waals surface area contributed by atoms with Crippen molar-refractivity contribution < 1.29 is 27.6 Å². The van der Waals surface area contributed by atoms with Crippen molar-refractivity contribution >= 4 is 21.7 Å². The first-order chi connectivity index (χ1) is 9.71. The zero-order valence-corrected chi connectivity index (χ0v) is 11.4. The van der Waals surface area contributed by atoms with Gasteiger partial charge in [0.2, 0.25) is 10.0 Å². The molecular formula is C11H11FN2O6S. The zero-order valence-electron chi connectivity index (χ0n) is 10.6. The molecule has 0 spiro atoms. The van der Waals surface area contributed by atoms with Crippen LogP contribution in [0.5, 0.6) is 0 Å².